The number of ether oxygens (including phenoxy) is 2. The molecule has 3 amide bonds. The van der Waals surface area contributed by atoms with Crippen LogP contribution in [0.4, 0.5) is 4.79 Å². The molecule has 1 saturated heterocycles. The van der Waals surface area contributed by atoms with Crippen molar-refractivity contribution < 1.29 is 28.7 Å². The van der Waals surface area contributed by atoms with Crippen molar-refractivity contribution in [3.63, 3.8) is 0 Å². The van der Waals surface area contributed by atoms with Crippen molar-refractivity contribution in [2.24, 2.45) is 5.92 Å². The van der Waals surface area contributed by atoms with Crippen molar-refractivity contribution in [3.05, 3.63) is 29.5 Å². The molecule has 1 N–H and O–H groups in total. The molecule has 0 aromatic heterocycles. The van der Waals surface area contributed by atoms with Crippen molar-refractivity contribution in [3.8, 4) is 11.5 Å². The number of benzene rings is 1. The number of imide groups is 1. The van der Waals surface area contributed by atoms with Crippen molar-refractivity contribution in [2.75, 3.05) is 14.2 Å². The van der Waals surface area contributed by atoms with E-state index in [-0.39, 0.29) is 12.1 Å². The van der Waals surface area contributed by atoms with Gasteiger partial charge in [0.1, 0.15) is 5.70 Å². The van der Waals surface area contributed by atoms with E-state index in [2.05, 4.69) is 19.2 Å². The monoisotopic (exact) mass is 432 g/mol. The lowest BCUT2D eigenvalue weighted by Crippen LogP contribution is -2.33. The molecule has 1 aromatic rings. The Labute approximate surface area is 183 Å². The van der Waals surface area contributed by atoms with Crippen molar-refractivity contribution in [2.45, 2.75) is 58.8 Å². The molecule has 0 aliphatic carbocycles. The van der Waals surface area contributed by atoms with Gasteiger partial charge in [-0.25, -0.2) is 9.59 Å². The lowest BCUT2D eigenvalue weighted by molar-refractivity contribution is -0.181. The zero-order chi connectivity index (χ0) is 22.8. The minimum Gasteiger partial charge on any atom is -0.493 e. The van der Waals surface area contributed by atoms with Gasteiger partial charge in [-0.3, -0.25) is 10.1 Å². The molecule has 0 radical (unpaired) electrons. The summed E-state index contributed by atoms with van der Waals surface area (Å²) in [5.41, 5.74) is 0.628. The van der Waals surface area contributed by atoms with Crippen LogP contribution >= 0.6 is 0 Å². The topological polar surface area (TPSA) is 94.2 Å². The molecular formula is C23H32N2O6. The molecule has 31 heavy (non-hydrogen) atoms. The van der Waals surface area contributed by atoms with Crippen molar-refractivity contribution >= 4 is 24.0 Å². The van der Waals surface area contributed by atoms with Gasteiger partial charge in [-0.05, 0) is 42.5 Å². The molecule has 1 aliphatic heterocycles. The number of rotatable bonds is 12. The van der Waals surface area contributed by atoms with Crippen LogP contribution in [0.25, 0.3) is 6.08 Å². The van der Waals surface area contributed by atoms with Crippen LogP contribution in [0.5, 0.6) is 11.5 Å². The molecular weight excluding hydrogens is 400 g/mol. The quantitative estimate of drug-likeness (QED) is 0.388. The number of urea groups is 1. The third-order valence-corrected chi connectivity index (χ3v) is 5.29. The predicted octanol–water partition coefficient (Wildman–Crippen LogP) is 4.44. The molecule has 8 heteroatoms. The summed E-state index contributed by atoms with van der Waals surface area (Å²) in [5, 5.41) is 2.91. The van der Waals surface area contributed by atoms with E-state index >= 15 is 0 Å². The Kier molecular flexibility index (Phi) is 9.37. The molecule has 0 spiro atoms. The molecule has 1 aliphatic rings. The van der Waals surface area contributed by atoms with Gasteiger partial charge in [0.25, 0.3) is 0 Å². The van der Waals surface area contributed by atoms with Crippen LogP contribution in [0.3, 0.4) is 0 Å². The first kappa shape index (κ1) is 24.2. The Balaban J connectivity index is 1.94. The van der Waals surface area contributed by atoms with E-state index in [0.29, 0.717) is 34.5 Å². The number of hydroxylamine groups is 2. The summed E-state index contributed by atoms with van der Waals surface area (Å²) in [7, 11) is 3.03. The number of carbonyl (C=O) groups is 3. The second kappa shape index (κ2) is 12.0. The molecule has 0 bridgehead atoms. The Morgan fingerprint density at radius 3 is 2.45 bits per heavy atom. The van der Waals surface area contributed by atoms with Crippen molar-refractivity contribution in [1.82, 2.24) is 10.4 Å². The molecule has 1 fully saturated rings. The number of unbranched alkanes of at least 4 members (excludes halogenated alkanes) is 1. The first-order chi connectivity index (χ1) is 14.9. The minimum absolute atomic E-state index is 0.00984. The summed E-state index contributed by atoms with van der Waals surface area (Å²) < 4.78 is 10.4. The third kappa shape index (κ3) is 6.73. The first-order valence-electron chi connectivity index (χ1n) is 10.7. The van der Waals surface area contributed by atoms with Gasteiger partial charge in [-0.15, -0.1) is 0 Å². The van der Waals surface area contributed by atoms with Gasteiger partial charge < -0.3 is 14.3 Å². The van der Waals surface area contributed by atoms with Crippen LogP contribution in [0.1, 0.15) is 64.4 Å². The van der Waals surface area contributed by atoms with E-state index in [9.17, 15) is 14.4 Å². The number of amides is 3. The summed E-state index contributed by atoms with van der Waals surface area (Å²) in [5.74, 6) is 0.299. The molecule has 8 nitrogen and oxygen atoms in total. The van der Waals surface area contributed by atoms with E-state index < -0.39 is 17.9 Å². The van der Waals surface area contributed by atoms with Gasteiger partial charge in [0.15, 0.2) is 11.5 Å². The molecule has 1 aromatic carbocycles. The van der Waals surface area contributed by atoms with Gasteiger partial charge >= 0.3 is 17.9 Å². The van der Waals surface area contributed by atoms with Crippen molar-refractivity contribution in [1.29, 1.82) is 0 Å². The van der Waals surface area contributed by atoms with Crippen LogP contribution in [0.15, 0.2) is 23.9 Å². The van der Waals surface area contributed by atoms with Gasteiger partial charge in [-0.1, -0.05) is 50.7 Å². The van der Waals surface area contributed by atoms with Crippen LogP contribution in [0, 0.1) is 5.92 Å². The summed E-state index contributed by atoms with van der Waals surface area (Å²) in [6, 6.07) is 4.28. The zero-order valence-electron chi connectivity index (χ0n) is 18.7. The number of hydrogen-bond donors (Lipinski definition) is 1. The van der Waals surface area contributed by atoms with E-state index in [1.807, 2.05) is 0 Å². The van der Waals surface area contributed by atoms with E-state index in [1.54, 1.807) is 18.2 Å². The fourth-order valence-corrected chi connectivity index (χ4v) is 3.44. The Morgan fingerprint density at radius 1 is 1.10 bits per heavy atom. The maximum Gasteiger partial charge on any atom is 0.363 e. The zero-order valence-corrected chi connectivity index (χ0v) is 18.7. The summed E-state index contributed by atoms with van der Waals surface area (Å²) in [4.78, 5) is 41.8. The molecule has 2 rings (SSSR count). The van der Waals surface area contributed by atoms with E-state index in [4.69, 9.17) is 14.3 Å². The fraction of sp³-hybridized carbons (Fsp3) is 0.522. The van der Waals surface area contributed by atoms with Crippen LogP contribution in [0.2, 0.25) is 0 Å². The fourth-order valence-electron chi connectivity index (χ4n) is 3.44. The van der Waals surface area contributed by atoms with Crippen LogP contribution in [-0.2, 0) is 14.4 Å². The molecule has 170 valence electrons. The highest BCUT2D eigenvalue weighted by atomic mass is 16.7. The number of methoxy groups -OCH3 is 2. The number of nitrogens with zero attached hydrogens (tertiary/aromatic N) is 1. The molecule has 0 saturated carbocycles. The highest BCUT2D eigenvalue weighted by Gasteiger charge is 2.37. The van der Waals surface area contributed by atoms with Gasteiger partial charge in [0.2, 0.25) is 0 Å². The third-order valence-electron chi connectivity index (χ3n) is 5.29. The second-order valence-corrected chi connectivity index (χ2v) is 7.47. The first-order valence-corrected chi connectivity index (χ1v) is 10.7. The van der Waals surface area contributed by atoms with Gasteiger partial charge in [0.05, 0.1) is 14.2 Å². The van der Waals surface area contributed by atoms with Gasteiger partial charge in [0, 0.05) is 6.42 Å². The highest BCUT2D eigenvalue weighted by molar-refractivity contribution is 6.13. The van der Waals surface area contributed by atoms with Crippen LogP contribution < -0.4 is 14.8 Å². The maximum absolute atomic E-state index is 12.5. The molecule has 1 atom stereocenters. The Morgan fingerprint density at radius 2 is 1.81 bits per heavy atom. The van der Waals surface area contributed by atoms with Crippen LogP contribution in [-0.4, -0.2) is 37.2 Å². The Bertz CT molecular complexity index is 820. The predicted molar refractivity (Wildman–Crippen MR) is 116 cm³/mol. The van der Waals surface area contributed by atoms with Gasteiger partial charge in [-0.2, -0.15) is 0 Å². The maximum atomic E-state index is 12.5. The average Bonchev–Trinajstić information content (AvgIpc) is 3.03. The Hall–Kier alpha value is -3.03. The summed E-state index contributed by atoms with van der Waals surface area (Å²) in [6.07, 6.45) is 7.80. The van der Waals surface area contributed by atoms with E-state index in [1.165, 1.54) is 26.7 Å². The number of carbonyl (C=O) groups excluding carboxylic acids is 3. The smallest absolute Gasteiger partial charge is 0.363 e. The largest absolute Gasteiger partial charge is 0.493 e. The lowest BCUT2D eigenvalue weighted by Gasteiger charge is -2.14. The molecule has 1 heterocycles. The van der Waals surface area contributed by atoms with E-state index in [0.717, 1.165) is 25.7 Å². The standard InChI is InChI=1S/C23H32N2O6/c1-5-7-9-16(6-2)10-8-11-21(26)31-25-22(27)18(24-23(25)28)14-17-12-13-19(29-3)20(15-17)30-4/h12-16H,5-11H2,1-4H3,(H,24,28)/b18-14+. The lowest BCUT2D eigenvalue weighted by atomic mass is 9.94. The SMILES string of the molecule is CCCCC(CC)CCCC(=O)ON1C(=O)N/C(=C/c2ccc(OC)c(OC)c2)C1=O. The second-order valence-electron chi connectivity index (χ2n) is 7.47. The minimum atomic E-state index is -0.792. The normalized spacial score (nSPS) is 15.7. The number of hydrogen-bond acceptors (Lipinski definition) is 6. The average molecular weight is 433 g/mol. The molecule has 1 unspecified atom stereocenters. The summed E-state index contributed by atoms with van der Waals surface area (Å²) in [6.45, 7) is 4.31. The summed E-state index contributed by atoms with van der Waals surface area (Å²) >= 11 is 0. The highest BCUT2D eigenvalue weighted by Crippen LogP contribution is 2.29. The number of nitrogens with one attached hydrogen (secondary N) is 1.